The molecule has 0 atom stereocenters. The molecule has 2 heterocycles. The Labute approximate surface area is 164 Å². The number of imidazole rings is 1. The summed E-state index contributed by atoms with van der Waals surface area (Å²) in [5, 5.41) is 2.31. The van der Waals surface area contributed by atoms with Gasteiger partial charge in [0.05, 0.1) is 10.0 Å². The molecule has 0 saturated carbocycles. The Morgan fingerprint density at radius 3 is 2.65 bits per heavy atom. The van der Waals surface area contributed by atoms with Crippen LogP contribution in [0.1, 0.15) is 16.1 Å². The van der Waals surface area contributed by atoms with Gasteiger partial charge in [0.2, 0.25) is 0 Å². The molecule has 0 unspecified atom stereocenters. The second-order valence-electron chi connectivity index (χ2n) is 5.49. The van der Waals surface area contributed by atoms with Crippen LogP contribution in [-0.2, 0) is 17.1 Å². The number of hydrogen-bond acceptors (Lipinski definition) is 5. The summed E-state index contributed by atoms with van der Waals surface area (Å²) in [6.45, 7) is 1.66. The first-order chi connectivity index (χ1) is 12.2. The van der Waals surface area contributed by atoms with Crippen molar-refractivity contribution in [2.45, 2.75) is 11.1 Å². The Balaban J connectivity index is 1.93. The van der Waals surface area contributed by atoms with Crippen molar-refractivity contribution in [2.24, 2.45) is 7.05 Å². The molecule has 3 aromatic rings. The lowest BCUT2D eigenvalue weighted by atomic mass is 10.2. The Morgan fingerprint density at radius 2 is 2.00 bits per heavy atom. The molecule has 1 aromatic carbocycles. The first-order valence-electron chi connectivity index (χ1n) is 7.29. The second-order valence-corrected chi connectivity index (χ2v) is 9.07. The monoisotopic (exact) mass is 429 g/mol. The summed E-state index contributed by atoms with van der Waals surface area (Å²) in [6.07, 6.45) is 1.43. The average molecular weight is 430 g/mol. The molecule has 10 heteroatoms. The summed E-state index contributed by atoms with van der Waals surface area (Å²) in [5.74, 6) is -0.426. The summed E-state index contributed by atoms with van der Waals surface area (Å²) < 4.78 is 28.4. The molecule has 136 valence electrons. The first-order valence-corrected chi connectivity index (χ1v) is 10.4. The SMILES string of the molecule is Cc1ccsc1S(=O)(=O)NC(=O)c1cn(C)c(-c2cccc(Cl)c2Cl)n1. The molecule has 1 amide bonds. The third-order valence-electron chi connectivity index (χ3n) is 3.59. The number of aromatic nitrogens is 2. The molecule has 0 saturated heterocycles. The number of carbonyl (C=O) groups is 1. The van der Waals surface area contributed by atoms with Gasteiger partial charge in [-0.1, -0.05) is 29.3 Å². The van der Waals surface area contributed by atoms with Gasteiger partial charge in [-0.3, -0.25) is 4.79 Å². The summed E-state index contributed by atoms with van der Waals surface area (Å²) in [4.78, 5) is 16.6. The van der Waals surface area contributed by atoms with E-state index in [2.05, 4.69) is 4.98 Å². The number of aryl methyl sites for hydroxylation is 2. The van der Waals surface area contributed by atoms with Crippen molar-refractivity contribution < 1.29 is 13.2 Å². The van der Waals surface area contributed by atoms with Crippen LogP contribution in [0.15, 0.2) is 40.1 Å². The highest BCUT2D eigenvalue weighted by atomic mass is 35.5. The minimum Gasteiger partial charge on any atom is -0.333 e. The number of nitrogens with one attached hydrogen (secondary N) is 1. The lowest BCUT2D eigenvalue weighted by Crippen LogP contribution is -2.30. The van der Waals surface area contributed by atoms with Crippen LogP contribution in [0.25, 0.3) is 11.4 Å². The first kappa shape index (κ1) is 18.9. The van der Waals surface area contributed by atoms with E-state index in [0.717, 1.165) is 11.3 Å². The van der Waals surface area contributed by atoms with Gasteiger partial charge in [-0.15, -0.1) is 11.3 Å². The maximum absolute atomic E-state index is 12.4. The van der Waals surface area contributed by atoms with Crippen LogP contribution >= 0.6 is 34.5 Å². The lowest BCUT2D eigenvalue weighted by Gasteiger charge is -2.05. The Hall–Kier alpha value is -1.87. The van der Waals surface area contributed by atoms with E-state index in [9.17, 15) is 13.2 Å². The van der Waals surface area contributed by atoms with Gasteiger partial charge in [0.15, 0.2) is 0 Å². The number of carbonyl (C=O) groups excluding carboxylic acids is 1. The Morgan fingerprint density at radius 1 is 1.27 bits per heavy atom. The normalized spacial score (nSPS) is 11.5. The molecule has 0 bridgehead atoms. The molecule has 3 rings (SSSR count). The fraction of sp³-hybridized carbons (Fsp3) is 0.125. The smallest absolute Gasteiger partial charge is 0.285 e. The van der Waals surface area contributed by atoms with Crippen LogP contribution in [0.5, 0.6) is 0 Å². The molecule has 1 N–H and O–H groups in total. The molecule has 2 aromatic heterocycles. The van der Waals surface area contributed by atoms with Crippen LogP contribution < -0.4 is 4.72 Å². The number of thiophene rings is 1. The number of hydrogen-bond donors (Lipinski definition) is 1. The maximum atomic E-state index is 12.4. The zero-order valence-corrected chi connectivity index (χ0v) is 16.8. The van der Waals surface area contributed by atoms with Gasteiger partial charge in [0, 0.05) is 18.8 Å². The highest BCUT2D eigenvalue weighted by Gasteiger charge is 2.24. The van der Waals surface area contributed by atoms with E-state index in [1.54, 1.807) is 48.2 Å². The molecule has 0 aliphatic heterocycles. The third kappa shape index (κ3) is 3.50. The predicted molar refractivity (Wildman–Crippen MR) is 102 cm³/mol. The number of sulfonamides is 1. The quantitative estimate of drug-likeness (QED) is 0.681. The highest BCUT2D eigenvalue weighted by molar-refractivity contribution is 7.92. The van der Waals surface area contributed by atoms with Gasteiger partial charge >= 0.3 is 0 Å². The molecule has 0 spiro atoms. The van der Waals surface area contributed by atoms with Crippen molar-refractivity contribution in [2.75, 3.05) is 0 Å². The van der Waals surface area contributed by atoms with Crippen LogP contribution in [0.3, 0.4) is 0 Å². The van der Waals surface area contributed by atoms with Gasteiger partial charge in [0.25, 0.3) is 15.9 Å². The van der Waals surface area contributed by atoms with Gasteiger partial charge in [0.1, 0.15) is 15.7 Å². The van der Waals surface area contributed by atoms with Gasteiger partial charge in [-0.25, -0.2) is 18.1 Å². The van der Waals surface area contributed by atoms with Crippen LogP contribution in [0.2, 0.25) is 10.0 Å². The standard InChI is InChI=1S/C16H13Cl2N3O3S2/c1-9-6-7-25-16(9)26(23,24)20-15(22)12-8-21(2)14(19-12)10-4-3-5-11(17)13(10)18/h3-8H,1-2H3,(H,20,22). The van der Waals surface area contributed by atoms with Gasteiger partial charge in [-0.05, 0) is 36.1 Å². The third-order valence-corrected chi connectivity index (χ3v) is 7.43. The van der Waals surface area contributed by atoms with E-state index in [1.807, 2.05) is 4.72 Å². The van der Waals surface area contributed by atoms with Crippen molar-refractivity contribution in [1.82, 2.24) is 14.3 Å². The Kier molecular flexibility index (Phi) is 5.12. The second kappa shape index (κ2) is 7.03. The molecule has 0 radical (unpaired) electrons. The van der Waals surface area contributed by atoms with E-state index < -0.39 is 15.9 Å². The number of halogens is 2. The minimum absolute atomic E-state index is 0.0451. The van der Waals surface area contributed by atoms with E-state index in [1.165, 1.54) is 6.20 Å². The van der Waals surface area contributed by atoms with E-state index >= 15 is 0 Å². The number of amides is 1. The number of nitrogens with zero attached hydrogens (tertiary/aromatic N) is 2. The van der Waals surface area contributed by atoms with Crippen molar-refractivity contribution in [3.8, 4) is 11.4 Å². The van der Waals surface area contributed by atoms with Crippen molar-refractivity contribution in [3.63, 3.8) is 0 Å². The average Bonchev–Trinajstić information content (AvgIpc) is 3.16. The molecular weight excluding hydrogens is 417 g/mol. The fourth-order valence-electron chi connectivity index (χ4n) is 2.36. The summed E-state index contributed by atoms with van der Waals surface area (Å²) in [5.41, 5.74) is 1.07. The van der Waals surface area contributed by atoms with Crippen LogP contribution in [-0.4, -0.2) is 23.9 Å². The molecule has 0 aliphatic rings. The number of rotatable bonds is 4. The molecule has 26 heavy (non-hydrogen) atoms. The minimum atomic E-state index is -3.96. The molecule has 6 nitrogen and oxygen atoms in total. The van der Waals surface area contributed by atoms with Gasteiger partial charge < -0.3 is 4.57 Å². The van der Waals surface area contributed by atoms with Gasteiger partial charge in [-0.2, -0.15) is 0 Å². The van der Waals surface area contributed by atoms with Crippen molar-refractivity contribution in [3.05, 3.63) is 57.1 Å². The Bertz CT molecular complexity index is 1100. The molecular formula is C16H13Cl2N3O3S2. The van der Waals surface area contributed by atoms with Crippen molar-refractivity contribution in [1.29, 1.82) is 0 Å². The van der Waals surface area contributed by atoms with E-state index in [0.29, 0.717) is 27.0 Å². The largest absolute Gasteiger partial charge is 0.333 e. The van der Waals surface area contributed by atoms with E-state index in [4.69, 9.17) is 23.2 Å². The summed E-state index contributed by atoms with van der Waals surface area (Å²) >= 11 is 13.3. The van der Waals surface area contributed by atoms with E-state index in [-0.39, 0.29) is 9.90 Å². The highest BCUT2D eigenvalue weighted by Crippen LogP contribution is 2.32. The zero-order chi connectivity index (χ0) is 19.1. The summed E-state index contributed by atoms with van der Waals surface area (Å²) in [6, 6.07) is 6.73. The zero-order valence-electron chi connectivity index (χ0n) is 13.7. The predicted octanol–water partition coefficient (Wildman–Crippen LogP) is 3.88. The lowest BCUT2D eigenvalue weighted by molar-refractivity contribution is 0.0977. The molecule has 0 aliphatic carbocycles. The number of benzene rings is 1. The van der Waals surface area contributed by atoms with Crippen molar-refractivity contribution >= 4 is 50.5 Å². The fourth-order valence-corrected chi connectivity index (χ4v) is 5.12. The van der Waals surface area contributed by atoms with Crippen LogP contribution in [0.4, 0.5) is 0 Å². The van der Waals surface area contributed by atoms with Crippen LogP contribution in [0, 0.1) is 6.92 Å². The maximum Gasteiger partial charge on any atom is 0.285 e. The molecule has 0 fully saturated rings. The topological polar surface area (TPSA) is 81.1 Å². The summed E-state index contributed by atoms with van der Waals surface area (Å²) in [7, 11) is -2.28.